The molecule has 28 heavy (non-hydrogen) atoms. The van der Waals surface area contributed by atoms with Crippen molar-refractivity contribution in [1.29, 1.82) is 0 Å². The van der Waals surface area contributed by atoms with E-state index < -0.39 is 0 Å². The number of anilines is 1. The van der Waals surface area contributed by atoms with E-state index in [1.165, 1.54) is 0 Å². The third-order valence-electron chi connectivity index (χ3n) is 5.59. The summed E-state index contributed by atoms with van der Waals surface area (Å²) in [5, 5.41) is 2.12. The van der Waals surface area contributed by atoms with Crippen molar-refractivity contribution in [3.63, 3.8) is 0 Å². The number of pyridine rings is 1. The van der Waals surface area contributed by atoms with E-state index in [2.05, 4.69) is 27.4 Å². The zero-order valence-corrected chi connectivity index (χ0v) is 16.5. The van der Waals surface area contributed by atoms with Crippen molar-refractivity contribution < 1.29 is 9.59 Å². The molecule has 3 N–H and O–H groups in total. The maximum atomic E-state index is 12.4. The van der Waals surface area contributed by atoms with Gasteiger partial charge in [-0.2, -0.15) is 5.01 Å². The van der Waals surface area contributed by atoms with Crippen LogP contribution in [-0.2, 0) is 16.1 Å². The van der Waals surface area contributed by atoms with Crippen molar-refractivity contribution in [2.75, 3.05) is 18.5 Å². The minimum Gasteiger partial charge on any atom is -0.326 e. The number of hydrazine groups is 1. The maximum absolute atomic E-state index is 12.4. The van der Waals surface area contributed by atoms with Crippen molar-refractivity contribution >= 4 is 28.5 Å². The number of aryl methyl sites for hydroxylation is 1. The maximum Gasteiger partial charge on any atom is 0.275 e. The second-order valence-electron chi connectivity index (χ2n) is 7.78. The lowest BCUT2D eigenvalue weighted by Crippen LogP contribution is -2.37. The molecule has 0 radical (unpaired) electrons. The van der Waals surface area contributed by atoms with Gasteiger partial charge in [-0.1, -0.05) is 12.1 Å². The number of rotatable bonds is 4. The van der Waals surface area contributed by atoms with E-state index >= 15 is 0 Å². The topological polar surface area (TPSA) is 91.6 Å². The van der Waals surface area contributed by atoms with Crippen LogP contribution in [0.25, 0.3) is 10.9 Å². The molecule has 0 aliphatic carbocycles. The van der Waals surface area contributed by atoms with Crippen LogP contribution in [0.4, 0.5) is 5.82 Å². The Hall–Kier alpha value is -2.77. The van der Waals surface area contributed by atoms with Gasteiger partial charge in [-0.3, -0.25) is 19.9 Å². The summed E-state index contributed by atoms with van der Waals surface area (Å²) in [7, 11) is 0. The number of likely N-dealkylation sites (tertiary alicyclic amines) is 1. The highest BCUT2D eigenvalue weighted by atomic mass is 16.2. The molecule has 2 amide bonds. The van der Waals surface area contributed by atoms with Gasteiger partial charge in [0.1, 0.15) is 5.82 Å². The molecule has 1 atom stereocenters. The average Bonchev–Trinajstić information content (AvgIpc) is 3.14. The Balaban J connectivity index is 1.69. The average molecular weight is 379 g/mol. The number of nitrogens with zero attached hydrogens (tertiary/aromatic N) is 3. The molecule has 7 nitrogen and oxygen atoms in total. The van der Waals surface area contributed by atoms with Gasteiger partial charge in [0.25, 0.3) is 11.8 Å². The molecule has 2 aliphatic rings. The molecule has 1 saturated heterocycles. The quantitative estimate of drug-likeness (QED) is 0.791. The summed E-state index contributed by atoms with van der Waals surface area (Å²) in [4.78, 5) is 31.7. The van der Waals surface area contributed by atoms with Gasteiger partial charge in [-0.15, -0.1) is 0 Å². The summed E-state index contributed by atoms with van der Waals surface area (Å²) in [5.41, 5.74) is 12.9. The molecule has 1 aromatic heterocycles. The van der Waals surface area contributed by atoms with Crippen LogP contribution >= 0.6 is 0 Å². The number of fused-ring (bicyclic) bond motifs is 1. The normalized spacial score (nSPS) is 20.7. The van der Waals surface area contributed by atoms with Gasteiger partial charge in [0.2, 0.25) is 0 Å². The number of nitrogens with two attached hydrogens (primary N) is 1. The fourth-order valence-corrected chi connectivity index (χ4v) is 3.81. The molecular formula is C21H25N5O2. The highest BCUT2D eigenvalue weighted by molar-refractivity contribution is 6.19. The molecule has 0 saturated carbocycles. The molecule has 0 bridgehead atoms. The first-order valence-corrected chi connectivity index (χ1v) is 9.54. The Morgan fingerprint density at radius 2 is 1.86 bits per heavy atom. The molecule has 7 heteroatoms. The number of aromatic nitrogens is 1. The van der Waals surface area contributed by atoms with Gasteiger partial charge < -0.3 is 5.73 Å². The Morgan fingerprint density at radius 3 is 2.50 bits per heavy atom. The molecule has 1 aromatic carbocycles. The van der Waals surface area contributed by atoms with E-state index in [-0.39, 0.29) is 17.9 Å². The number of carbonyl (C=O) groups is 2. The summed E-state index contributed by atoms with van der Waals surface area (Å²) < 4.78 is 0. The van der Waals surface area contributed by atoms with Gasteiger partial charge in [0, 0.05) is 42.2 Å². The number of hydrogen-bond donors (Lipinski definition) is 2. The van der Waals surface area contributed by atoms with E-state index in [1.54, 1.807) is 13.8 Å². The SMILES string of the molecule is CC1=C(C)C(=O)N(Nc2cc(CN3CCC(N)C3)c3ccc(C)cc3n2)C1=O. The lowest BCUT2D eigenvalue weighted by atomic mass is 10.1. The Kier molecular flexibility index (Phi) is 4.64. The van der Waals surface area contributed by atoms with E-state index in [9.17, 15) is 9.59 Å². The number of hydrogen-bond acceptors (Lipinski definition) is 6. The van der Waals surface area contributed by atoms with Crippen LogP contribution in [0.1, 0.15) is 31.4 Å². The van der Waals surface area contributed by atoms with E-state index in [1.807, 2.05) is 19.1 Å². The van der Waals surface area contributed by atoms with Crippen LogP contribution in [0.15, 0.2) is 35.4 Å². The minimum atomic E-state index is -0.333. The van der Waals surface area contributed by atoms with Crippen LogP contribution in [0.5, 0.6) is 0 Å². The smallest absolute Gasteiger partial charge is 0.275 e. The van der Waals surface area contributed by atoms with E-state index in [0.29, 0.717) is 17.0 Å². The van der Waals surface area contributed by atoms with Crippen LogP contribution in [0.2, 0.25) is 0 Å². The first kappa shape index (κ1) is 18.6. The lowest BCUT2D eigenvalue weighted by Gasteiger charge is -2.20. The predicted octanol–water partition coefficient (Wildman–Crippen LogP) is 2.11. The molecule has 4 rings (SSSR count). The molecule has 0 spiro atoms. The third kappa shape index (κ3) is 3.27. The molecule has 1 fully saturated rings. The Bertz CT molecular complexity index is 989. The van der Waals surface area contributed by atoms with Gasteiger partial charge >= 0.3 is 0 Å². The van der Waals surface area contributed by atoms with Crippen molar-refractivity contribution in [2.45, 2.75) is 39.8 Å². The minimum absolute atomic E-state index is 0.213. The number of carbonyl (C=O) groups excluding carboxylic acids is 2. The monoisotopic (exact) mass is 379 g/mol. The molecule has 3 heterocycles. The zero-order chi connectivity index (χ0) is 20.0. The first-order valence-electron chi connectivity index (χ1n) is 9.54. The molecular weight excluding hydrogens is 354 g/mol. The van der Waals surface area contributed by atoms with Gasteiger partial charge in [0.15, 0.2) is 0 Å². The Morgan fingerprint density at radius 1 is 1.14 bits per heavy atom. The molecule has 2 aromatic rings. The zero-order valence-electron chi connectivity index (χ0n) is 16.5. The largest absolute Gasteiger partial charge is 0.326 e. The van der Waals surface area contributed by atoms with Crippen molar-refractivity contribution in [1.82, 2.24) is 14.9 Å². The van der Waals surface area contributed by atoms with E-state index in [0.717, 1.165) is 53.1 Å². The lowest BCUT2D eigenvalue weighted by molar-refractivity contribution is -0.135. The van der Waals surface area contributed by atoms with Gasteiger partial charge in [-0.25, -0.2) is 4.98 Å². The summed E-state index contributed by atoms with van der Waals surface area (Å²) in [6.07, 6.45) is 0.994. The third-order valence-corrected chi connectivity index (χ3v) is 5.59. The number of imide groups is 1. The fraction of sp³-hybridized carbons (Fsp3) is 0.381. The number of nitrogens with one attached hydrogen (secondary N) is 1. The van der Waals surface area contributed by atoms with Crippen molar-refractivity contribution in [3.8, 4) is 0 Å². The van der Waals surface area contributed by atoms with Crippen LogP contribution in [-0.4, -0.2) is 45.8 Å². The number of benzene rings is 1. The molecule has 146 valence electrons. The summed E-state index contributed by atoms with van der Waals surface area (Å²) >= 11 is 0. The summed E-state index contributed by atoms with van der Waals surface area (Å²) in [6.45, 7) is 7.93. The fourth-order valence-electron chi connectivity index (χ4n) is 3.81. The predicted molar refractivity (Wildman–Crippen MR) is 108 cm³/mol. The highest BCUT2D eigenvalue weighted by Gasteiger charge is 2.34. The standard InChI is InChI=1S/C21H25N5O2/c1-12-4-5-17-15(10-25-7-6-16(22)11-25)9-19(23-18(17)8-12)24-26-20(27)13(2)14(3)21(26)28/h4-5,8-9,16H,6-7,10-11,22H2,1-3H3,(H,23,24). The van der Waals surface area contributed by atoms with Crippen LogP contribution in [0.3, 0.4) is 0 Å². The number of amides is 2. The summed E-state index contributed by atoms with van der Waals surface area (Å²) in [6, 6.07) is 8.30. The van der Waals surface area contributed by atoms with E-state index in [4.69, 9.17) is 5.73 Å². The van der Waals surface area contributed by atoms with Crippen LogP contribution < -0.4 is 11.2 Å². The Labute approximate surface area is 164 Å². The summed E-state index contributed by atoms with van der Waals surface area (Å²) in [5.74, 6) is -0.179. The second kappa shape index (κ2) is 7.00. The van der Waals surface area contributed by atoms with Gasteiger partial charge in [0.05, 0.1) is 5.52 Å². The van der Waals surface area contributed by atoms with Gasteiger partial charge in [-0.05, 0) is 50.5 Å². The van der Waals surface area contributed by atoms with Crippen LogP contribution in [0, 0.1) is 6.92 Å². The van der Waals surface area contributed by atoms with Crippen molar-refractivity contribution in [3.05, 3.63) is 46.5 Å². The van der Waals surface area contributed by atoms with Crippen molar-refractivity contribution in [2.24, 2.45) is 5.73 Å². The molecule has 2 aliphatic heterocycles. The molecule has 1 unspecified atom stereocenters. The highest BCUT2D eigenvalue weighted by Crippen LogP contribution is 2.26. The second-order valence-corrected chi connectivity index (χ2v) is 7.78. The first-order chi connectivity index (χ1) is 13.3.